The molecule has 1 rings (SSSR count). The number of hydrogen-bond acceptors (Lipinski definition) is 3. The first-order valence-electron chi connectivity index (χ1n) is 5.63. The third-order valence-corrected chi connectivity index (χ3v) is 2.42. The Morgan fingerprint density at radius 2 is 1.94 bits per heavy atom. The van der Waals surface area contributed by atoms with Crippen molar-refractivity contribution in [3.05, 3.63) is 35.2 Å². The predicted molar refractivity (Wildman–Crippen MR) is 67.5 cm³/mol. The van der Waals surface area contributed by atoms with E-state index >= 15 is 0 Å². The third kappa shape index (κ3) is 4.72. The van der Waals surface area contributed by atoms with E-state index in [1.807, 2.05) is 25.1 Å². The monoisotopic (exact) mass is 231 g/mol. The molecule has 1 heterocycles. The summed E-state index contributed by atoms with van der Waals surface area (Å²) in [4.78, 5) is 26.8. The zero-order valence-corrected chi connectivity index (χ0v) is 10.5. The standard InChI is InChI=1S/C14H17NO2/c1-10(14(17)8-7-12(3)16)9-13-6-4-5-11(2)15-13/h4-6,9H,7-8H2,1-3H3/b10-9+. The molecule has 17 heavy (non-hydrogen) atoms. The maximum absolute atomic E-state index is 11.7. The quantitative estimate of drug-likeness (QED) is 0.732. The average Bonchev–Trinajstić information content (AvgIpc) is 2.25. The minimum absolute atomic E-state index is 0.00325. The molecule has 0 fully saturated rings. The second-order valence-electron chi connectivity index (χ2n) is 4.16. The Balaban J connectivity index is 2.71. The van der Waals surface area contributed by atoms with Gasteiger partial charge in [0.25, 0.3) is 0 Å². The Hall–Kier alpha value is -1.77. The molecule has 0 unspecified atom stereocenters. The van der Waals surface area contributed by atoms with Crippen LogP contribution >= 0.6 is 0 Å². The van der Waals surface area contributed by atoms with Gasteiger partial charge in [-0.3, -0.25) is 9.78 Å². The molecule has 0 bridgehead atoms. The summed E-state index contributed by atoms with van der Waals surface area (Å²) in [6.45, 7) is 5.16. The van der Waals surface area contributed by atoms with Gasteiger partial charge < -0.3 is 4.79 Å². The number of aryl methyl sites for hydroxylation is 1. The molecular formula is C14H17NO2. The van der Waals surface area contributed by atoms with Crippen LogP contribution in [0.4, 0.5) is 0 Å². The fourth-order valence-electron chi connectivity index (χ4n) is 1.43. The lowest BCUT2D eigenvalue weighted by Crippen LogP contribution is -2.02. The largest absolute Gasteiger partial charge is 0.300 e. The smallest absolute Gasteiger partial charge is 0.159 e. The molecule has 1 aromatic heterocycles. The minimum atomic E-state index is 0.00325. The highest BCUT2D eigenvalue weighted by atomic mass is 16.1. The molecule has 90 valence electrons. The molecule has 0 aliphatic heterocycles. The molecule has 0 aliphatic carbocycles. The van der Waals surface area contributed by atoms with E-state index in [0.29, 0.717) is 12.0 Å². The molecule has 0 N–H and O–H groups in total. The first-order chi connectivity index (χ1) is 7.99. The Morgan fingerprint density at radius 3 is 2.53 bits per heavy atom. The van der Waals surface area contributed by atoms with Gasteiger partial charge in [0, 0.05) is 18.5 Å². The molecule has 0 saturated heterocycles. The molecule has 3 heteroatoms. The minimum Gasteiger partial charge on any atom is -0.300 e. The van der Waals surface area contributed by atoms with E-state index in [9.17, 15) is 9.59 Å². The van der Waals surface area contributed by atoms with Gasteiger partial charge in [-0.05, 0) is 44.6 Å². The second kappa shape index (κ2) is 6.09. The van der Waals surface area contributed by atoms with Crippen LogP contribution in [-0.4, -0.2) is 16.6 Å². The molecule has 0 radical (unpaired) electrons. The molecule has 0 spiro atoms. The van der Waals surface area contributed by atoms with Gasteiger partial charge in [0.1, 0.15) is 5.78 Å². The molecule has 0 aromatic carbocycles. The second-order valence-corrected chi connectivity index (χ2v) is 4.16. The molecular weight excluding hydrogens is 214 g/mol. The van der Waals surface area contributed by atoms with Crippen molar-refractivity contribution in [1.82, 2.24) is 4.98 Å². The van der Waals surface area contributed by atoms with E-state index in [1.165, 1.54) is 6.92 Å². The van der Waals surface area contributed by atoms with E-state index in [2.05, 4.69) is 4.98 Å². The number of pyridine rings is 1. The van der Waals surface area contributed by atoms with Gasteiger partial charge in [0.05, 0.1) is 5.69 Å². The SMILES string of the molecule is CC(=O)CCC(=O)/C(C)=C/c1cccc(C)n1. The molecule has 1 aromatic rings. The van der Waals surface area contributed by atoms with Crippen LogP contribution in [0.3, 0.4) is 0 Å². The van der Waals surface area contributed by atoms with E-state index in [0.717, 1.165) is 11.4 Å². The summed E-state index contributed by atoms with van der Waals surface area (Å²) in [5, 5.41) is 0. The summed E-state index contributed by atoms with van der Waals surface area (Å²) >= 11 is 0. The van der Waals surface area contributed by atoms with Gasteiger partial charge in [-0.25, -0.2) is 0 Å². The zero-order valence-electron chi connectivity index (χ0n) is 10.5. The molecule has 0 aliphatic rings. The zero-order chi connectivity index (χ0) is 12.8. The number of allylic oxidation sites excluding steroid dienone is 1. The highest BCUT2D eigenvalue weighted by molar-refractivity contribution is 6.00. The number of ketones is 2. The third-order valence-electron chi connectivity index (χ3n) is 2.42. The van der Waals surface area contributed by atoms with E-state index < -0.39 is 0 Å². The highest BCUT2D eigenvalue weighted by Crippen LogP contribution is 2.08. The Kier molecular flexibility index (Phi) is 4.76. The lowest BCUT2D eigenvalue weighted by molar-refractivity contribution is -0.121. The maximum atomic E-state index is 11.7. The van der Waals surface area contributed by atoms with Gasteiger partial charge in [-0.1, -0.05) is 6.07 Å². The van der Waals surface area contributed by atoms with Crippen LogP contribution in [0.15, 0.2) is 23.8 Å². The van der Waals surface area contributed by atoms with E-state index in [1.54, 1.807) is 13.0 Å². The van der Waals surface area contributed by atoms with Crippen molar-refractivity contribution >= 4 is 17.6 Å². The van der Waals surface area contributed by atoms with Gasteiger partial charge in [0.15, 0.2) is 5.78 Å². The highest BCUT2D eigenvalue weighted by Gasteiger charge is 2.06. The summed E-state index contributed by atoms with van der Waals surface area (Å²) in [6.07, 6.45) is 2.35. The maximum Gasteiger partial charge on any atom is 0.159 e. The lowest BCUT2D eigenvalue weighted by atomic mass is 10.1. The molecule has 0 atom stereocenters. The first kappa shape index (κ1) is 13.3. The van der Waals surface area contributed by atoms with Crippen molar-refractivity contribution < 1.29 is 9.59 Å². The van der Waals surface area contributed by atoms with Crippen LogP contribution in [0.2, 0.25) is 0 Å². The first-order valence-corrected chi connectivity index (χ1v) is 5.63. The van der Waals surface area contributed by atoms with Crippen molar-refractivity contribution in [2.75, 3.05) is 0 Å². The van der Waals surface area contributed by atoms with Crippen LogP contribution in [0.25, 0.3) is 6.08 Å². The van der Waals surface area contributed by atoms with Crippen LogP contribution < -0.4 is 0 Å². The molecule has 0 saturated carbocycles. The van der Waals surface area contributed by atoms with Crippen LogP contribution in [0, 0.1) is 6.92 Å². The summed E-state index contributed by atoms with van der Waals surface area (Å²) < 4.78 is 0. The summed E-state index contributed by atoms with van der Waals surface area (Å²) in [7, 11) is 0. The van der Waals surface area contributed by atoms with Crippen molar-refractivity contribution in [1.29, 1.82) is 0 Å². The van der Waals surface area contributed by atoms with Crippen LogP contribution in [0.1, 0.15) is 38.1 Å². The van der Waals surface area contributed by atoms with E-state index in [-0.39, 0.29) is 18.0 Å². The number of hydrogen-bond donors (Lipinski definition) is 0. The van der Waals surface area contributed by atoms with Gasteiger partial charge in [0.2, 0.25) is 0 Å². The van der Waals surface area contributed by atoms with Crippen LogP contribution in [-0.2, 0) is 9.59 Å². The number of rotatable bonds is 5. The predicted octanol–water partition coefficient (Wildman–Crippen LogP) is 2.73. The Labute approximate surface area is 102 Å². The van der Waals surface area contributed by atoms with Gasteiger partial charge >= 0.3 is 0 Å². The Bertz CT molecular complexity index is 461. The average molecular weight is 231 g/mol. The number of nitrogens with zero attached hydrogens (tertiary/aromatic N) is 1. The van der Waals surface area contributed by atoms with Crippen LogP contribution in [0.5, 0.6) is 0 Å². The number of aromatic nitrogens is 1. The fraction of sp³-hybridized carbons (Fsp3) is 0.357. The van der Waals surface area contributed by atoms with Crippen molar-refractivity contribution in [2.45, 2.75) is 33.6 Å². The summed E-state index contributed by atoms with van der Waals surface area (Å²) in [5.74, 6) is 0.0448. The number of carbonyl (C=O) groups is 2. The topological polar surface area (TPSA) is 47.0 Å². The number of carbonyl (C=O) groups excluding carboxylic acids is 2. The summed E-state index contributed by atoms with van der Waals surface area (Å²) in [6, 6.07) is 5.67. The van der Waals surface area contributed by atoms with Crippen molar-refractivity contribution in [2.24, 2.45) is 0 Å². The van der Waals surface area contributed by atoms with Gasteiger partial charge in [-0.15, -0.1) is 0 Å². The Morgan fingerprint density at radius 1 is 1.24 bits per heavy atom. The number of Topliss-reactive ketones (excluding diaryl/α,β-unsaturated/α-hetero) is 2. The normalized spacial score (nSPS) is 11.4. The van der Waals surface area contributed by atoms with E-state index in [4.69, 9.17) is 0 Å². The van der Waals surface area contributed by atoms with Gasteiger partial charge in [-0.2, -0.15) is 0 Å². The molecule has 3 nitrogen and oxygen atoms in total. The van der Waals surface area contributed by atoms with Crippen molar-refractivity contribution in [3.8, 4) is 0 Å². The molecule has 0 amide bonds. The lowest BCUT2D eigenvalue weighted by Gasteiger charge is -2.00. The fourth-order valence-corrected chi connectivity index (χ4v) is 1.43. The summed E-state index contributed by atoms with van der Waals surface area (Å²) in [5.41, 5.74) is 2.34. The van der Waals surface area contributed by atoms with Crippen molar-refractivity contribution in [3.63, 3.8) is 0 Å².